The molecule has 13 heavy (non-hydrogen) atoms. The zero-order chi connectivity index (χ0) is 9.42. The summed E-state index contributed by atoms with van der Waals surface area (Å²) in [7, 11) is 0. The monoisotopic (exact) mass is 205 g/mol. The third kappa shape index (κ3) is 1.23. The van der Waals surface area contributed by atoms with Gasteiger partial charge in [-0.25, -0.2) is 0 Å². The van der Waals surface area contributed by atoms with Crippen molar-refractivity contribution < 1.29 is 0 Å². The maximum absolute atomic E-state index is 8.79. The molecule has 1 aromatic heterocycles. The van der Waals surface area contributed by atoms with Crippen molar-refractivity contribution in [1.82, 2.24) is 0 Å². The summed E-state index contributed by atoms with van der Waals surface area (Å²) < 4.78 is 1.11. The summed E-state index contributed by atoms with van der Waals surface area (Å²) in [6.07, 6.45) is 0. The van der Waals surface area contributed by atoms with E-state index < -0.39 is 0 Å². The van der Waals surface area contributed by atoms with E-state index in [0.717, 1.165) is 9.60 Å². The van der Waals surface area contributed by atoms with Crippen molar-refractivity contribution >= 4 is 34.1 Å². The van der Waals surface area contributed by atoms with Crippen molar-refractivity contribution in [2.75, 3.05) is 0 Å². The molecule has 0 atom stereocenters. The molecule has 0 spiro atoms. The molecule has 0 radical (unpaired) electrons. The Balaban J connectivity index is 2.90. The van der Waals surface area contributed by atoms with Gasteiger partial charge in [0.05, 0.1) is 5.56 Å². The Bertz CT molecular complexity index is 505. The van der Waals surface area contributed by atoms with Crippen LogP contribution in [0.5, 0.6) is 0 Å². The Morgan fingerprint density at radius 2 is 2.23 bits per heavy atom. The minimum atomic E-state index is 0.651. The number of hydrogen-bond donors (Lipinski definition) is 1. The van der Waals surface area contributed by atoms with E-state index in [2.05, 4.69) is 31.0 Å². The largest absolute Gasteiger partial charge is 0.192 e. The molecule has 0 aliphatic heterocycles. The molecule has 1 heterocycles. The van der Waals surface area contributed by atoms with E-state index in [9.17, 15) is 0 Å². The third-order valence-electron chi connectivity index (χ3n) is 2.03. The molecule has 0 bridgehead atoms. The molecular formula is C10H7NS2. The van der Waals surface area contributed by atoms with Crippen LogP contribution in [0.2, 0.25) is 0 Å². The molecule has 0 aliphatic carbocycles. The van der Waals surface area contributed by atoms with Crippen molar-refractivity contribution in [2.24, 2.45) is 0 Å². The van der Waals surface area contributed by atoms with E-state index in [-0.39, 0.29) is 0 Å². The van der Waals surface area contributed by atoms with Gasteiger partial charge in [0.25, 0.3) is 0 Å². The highest BCUT2D eigenvalue weighted by Gasteiger charge is 2.06. The fraction of sp³-hybridized carbons (Fsp3) is 0.100. The predicted molar refractivity (Wildman–Crippen MR) is 58.5 cm³/mol. The van der Waals surface area contributed by atoms with E-state index in [4.69, 9.17) is 5.26 Å². The zero-order valence-corrected chi connectivity index (χ0v) is 8.75. The smallest absolute Gasteiger partial charge is 0.100 e. The zero-order valence-electron chi connectivity index (χ0n) is 7.03. The van der Waals surface area contributed by atoms with Crippen molar-refractivity contribution in [3.05, 3.63) is 28.6 Å². The average molecular weight is 205 g/mol. The molecule has 0 N–H and O–H groups in total. The molecule has 0 unspecified atom stereocenters. The van der Waals surface area contributed by atoms with Crippen LogP contribution in [0.25, 0.3) is 10.1 Å². The molecule has 0 amide bonds. The molecule has 0 saturated carbocycles. The summed E-state index contributed by atoms with van der Waals surface area (Å²) in [5.74, 6) is 0. The van der Waals surface area contributed by atoms with E-state index in [0.29, 0.717) is 5.56 Å². The number of fused-ring (bicyclic) bond motifs is 1. The molecule has 0 saturated heterocycles. The first-order chi connectivity index (χ1) is 6.24. The minimum absolute atomic E-state index is 0.651. The summed E-state index contributed by atoms with van der Waals surface area (Å²) in [5, 5.41) is 12.1. The molecule has 1 aromatic carbocycles. The lowest BCUT2D eigenvalue weighted by Gasteiger charge is -1.97. The number of benzene rings is 1. The highest BCUT2D eigenvalue weighted by molar-refractivity contribution is 7.80. The normalized spacial score (nSPS) is 10.2. The van der Waals surface area contributed by atoms with Gasteiger partial charge in [-0.15, -0.1) is 24.0 Å². The van der Waals surface area contributed by atoms with Crippen LogP contribution in [0.4, 0.5) is 0 Å². The summed E-state index contributed by atoms with van der Waals surface area (Å²) in [4.78, 5) is 0.804. The molecule has 2 rings (SSSR count). The second-order valence-corrected chi connectivity index (χ2v) is 4.20. The second-order valence-electron chi connectivity index (χ2n) is 2.87. The highest BCUT2D eigenvalue weighted by Crippen LogP contribution is 2.32. The quantitative estimate of drug-likeness (QED) is 0.655. The first-order valence-corrected chi connectivity index (χ1v) is 5.16. The number of thiophene rings is 1. The molecular weight excluding hydrogens is 198 g/mol. The average Bonchev–Trinajstić information content (AvgIpc) is 2.50. The van der Waals surface area contributed by atoms with Gasteiger partial charge in [0.15, 0.2) is 0 Å². The molecule has 0 fully saturated rings. The Morgan fingerprint density at radius 3 is 2.92 bits per heavy atom. The predicted octanol–water partition coefficient (Wildman–Crippen LogP) is 3.37. The van der Waals surface area contributed by atoms with Gasteiger partial charge in [0, 0.05) is 9.60 Å². The SMILES string of the molecule is Cc1csc2c(S)c(C#N)ccc12. The van der Waals surface area contributed by atoms with Gasteiger partial charge in [-0.05, 0) is 29.3 Å². The first kappa shape index (κ1) is 8.61. The van der Waals surface area contributed by atoms with E-state index >= 15 is 0 Å². The lowest BCUT2D eigenvalue weighted by atomic mass is 10.1. The standard InChI is InChI=1S/C10H7NS2/c1-6-5-13-10-8(6)3-2-7(4-11)9(10)12/h2-3,5,12H,1H3. The lowest BCUT2D eigenvalue weighted by Crippen LogP contribution is -1.77. The van der Waals surface area contributed by atoms with Crippen LogP contribution in [0.15, 0.2) is 22.4 Å². The van der Waals surface area contributed by atoms with Crippen LogP contribution in [0.3, 0.4) is 0 Å². The number of aryl methyl sites for hydroxylation is 1. The van der Waals surface area contributed by atoms with Crippen LogP contribution >= 0.6 is 24.0 Å². The number of rotatable bonds is 0. The number of hydrogen-bond acceptors (Lipinski definition) is 3. The summed E-state index contributed by atoms with van der Waals surface area (Å²) in [5.41, 5.74) is 1.90. The molecule has 3 heteroatoms. The molecule has 64 valence electrons. The van der Waals surface area contributed by atoms with Crippen molar-refractivity contribution in [2.45, 2.75) is 11.8 Å². The van der Waals surface area contributed by atoms with Crippen molar-refractivity contribution in [3.8, 4) is 6.07 Å². The van der Waals surface area contributed by atoms with Crippen LogP contribution in [-0.2, 0) is 0 Å². The Labute approximate surface area is 86.0 Å². The summed E-state index contributed by atoms with van der Waals surface area (Å²) in [6, 6.07) is 5.94. The highest BCUT2D eigenvalue weighted by atomic mass is 32.1. The summed E-state index contributed by atoms with van der Waals surface area (Å²) in [6.45, 7) is 2.07. The van der Waals surface area contributed by atoms with Crippen molar-refractivity contribution in [1.29, 1.82) is 5.26 Å². The van der Waals surface area contributed by atoms with Gasteiger partial charge in [-0.2, -0.15) is 5.26 Å². The van der Waals surface area contributed by atoms with Gasteiger partial charge in [-0.3, -0.25) is 0 Å². The van der Waals surface area contributed by atoms with E-state index in [1.807, 2.05) is 12.1 Å². The van der Waals surface area contributed by atoms with Gasteiger partial charge < -0.3 is 0 Å². The fourth-order valence-electron chi connectivity index (χ4n) is 1.30. The fourth-order valence-corrected chi connectivity index (χ4v) is 2.70. The Morgan fingerprint density at radius 1 is 1.46 bits per heavy atom. The van der Waals surface area contributed by atoms with Gasteiger partial charge in [0.2, 0.25) is 0 Å². The maximum Gasteiger partial charge on any atom is 0.100 e. The molecule has 0 aliphatic rings. The third-order valence-corrected chi connectivity index (χ3v) is 3.78. The van der Waals surface area contributed by atoms with E-state index in [1.165, 1.54) is 10.9 Å². The topological polar surface area (TPSA) is 23.8 Å². The number of nitrogens with zero attached hydrogens (tertiary/aromatic N) is 1. The van der Waals surface area contributed by atoms with E-state index in [1.54, 1.807) is 11.3 Å². The maximum atomic E-state index is 8.79. The molecule has 1 nitrogen and oxygen atoms in total. The van der Waals surface area contributed by atoms with Gasteiger partial charge >= 0.3 is 0 Å². The lowest BCUT2D eigenvalue weighted by molar-refractivity contribution is 1.43. The first-order valence-electron chi connectivity index (χ1n) is 3.84. The second kappa shape index (κ2) is 3.06. The molecule has 2 aromatic rings. The van der Waals surface area contributed by atoms with Crippen molar-refractivity contribution in [3.63, 3.8) is 0 Å². The minimum Gasteiger partial charge on any atom is -0.192 e. The van der Waals surface area contributed by atoms with Crippen LogP contribution in [-0.4, -0.2) is 0 Å². The van der Waals surface area contributed by atoms with Gasteiger partial charge in [0.1, 0.15) is 6.07 Å². The Hall–Kier alpha value is -0.980. The summed E-state index contributed by atoms with van der Waals surface area (Å²) >= 11 is 5.99. The van der Waals surface area contributed by atoms with Crippen LogP contribution in [0, 0.1) is 18.3 Å². The Kier molecular flexibility index (Phi) is 2.03. The number of thiol groups is 1. The van der Waals surface area contributed by atoms with Crippen LogP contribution in [0.1, 0.15) is 11.1 Å². The van der Waals surface area contributed by atoms with Crippen LogP contribution < -0.4 is 0 Å². The number of nitriles is 1. The van der Waals surface area contributed by atoms with Gasteiger partial charge in [-0.1, -0.05) is 6.07 Å².